The molecule has 15 heavy (non-hydrogen) atoms. The molecule has 0 radical (unpaired) electrons. The Morgan fingerprint density at radius 2 is 2.40 bits per heavy atom. The van der Waals surface area contributed by atoms with Crippen molar-refractivity contribution in [3.63, 3.8) is 0 Å². The van der Waals surface area contributed by atoms with Crippen molar-refractivity contribution in [2.24, 2.45) is 5.16 Å². The summed E-state index contributed by atoms with van der Waals surface area (Å²) in [5.41, 5.74) is 2.78. The summed E-state index contributed by atoms with van der Waals surface area (Å²) in [6.07, 6.45) is 1.70. The molecule has 0 spiro atoms. The van der Waals surface area contributed by atoms with Gasteiger partial charge in [-0.2, -0.15) is 0 Å². The van der Waals surface area contributed by atoms with Gasteiger partial charge in [0.1, 0.15) is 12.4 Å². The molecule has 80 valence electrons. The van der Waals surface area contributed by atoms with Gasteiger partial charge in [-0.15, -0.1) is 0 Å². The van der Waals surface area contributed by atoms with E-state index in [1.807, 2.05) is 18.2 Å². The molecule has 0 bridgehead atoms. The monoisotopic (exact) mass is 225 g/mol. The van der Waals surface area contributed by atoms with Crippen LogP contribution in [-0.4, -0.2) is 17.5 Å². The van der Waals surface area contributed by atoms with Gasteiger partial charge >= 0.3 is 0 Å². The van der Waals surface area contributed by atoms with Crippen molar-refractivity contribution in [3.05, 3.63) is 41.4 Å². The lowest BCUT2D eigenvalue weighted by atomic mass is 10.1. The van der Waals surface area contributed by atoms with Crippen LogP contribution in [0.4, 0.5) is 0 Å². The summed E-state index contributed by atoms with van der Waals surface area (Å²) in [4.78, 5) is 0. The summed E-state index contributed by atoms with van der Waals surface area (Å²) >= 11 is 5.36. The van der Waals surface area contributed by atoms with Crippen LogP contribution in [0.15, 0.2) is 41.0 Å². The highest BCUT2D eigenvalue weighted by Crippen LogP contribution is 2.14. The number of halogens is 1. The van der Waals surface area contributed by atoms with Crippen LogP contribution in [0.1, 0.15) is 12.5 Å². The first-order valence-electron chi connectivity index (χ1n) is 4.45. The molecule has 0 atom stereocenters. The fourth-order valence-corrected chi connectivity index (χ4v) is 1.12. The van der Waals surface area contributed by atoms with Crippen molar-refractivity contribution in [1.82, 2.24) is 0 Å². The Kier molecular flexibility index (Phi) is 4.71. The lowest BCUT2D eigenvalue weighted by molar-refractivity contribution is 0.319. The van der Waals surface area contributed by atoms with Gasteiger partial charge in [0.2, 0.25) is 0 Å². The van der Waals surface area contributed by atoms with E-state index in [2.05, 4.69) is 5.16 Å². The molecule has 4 heteroatoms. The highest BCUT2D eigenvalue weighted by atomic mass is 35.5. The zero-order valence-electron chi connectivity index (χ0n) is 8.35. The number of oxime groups is 1. The third-order valence-electron chi connectivity index (χ3n) is 1.84. The molecule has 0 aliphatic carbocycles. The van der Waals surface area contributed by atoms with E-state index in [-0.39, 0.29) is 0 Å². The zero-order chi connectivity index (χ0) is 11.1. The van der Waals surface area contributed by atoms with E-state index in [1.54, 1.807) is 19.1 Å². The van der Waals surface area contributed by atoms with E-state index in [4.69, 9.17) is 21.5 Å². The van der Waals surface area contributed by atoms with Gasteiger partial charge in [-0.3, -0.25) is 0 Å². The number of benzene rings is 1. The van der Waals surface area contributed by atoms with Crippen LogP contribution in [0.25, 0.3) is 0 Å². The van der Waals surface area contributed by atoms with E-state index < -0.39 is 0 Å². The van der Waals surface area contributed by atoms with Gasteiger partial charge in [0.15, 0.2) is 0 Å². The topological polar surface area (TPSA) is 41.8 Å². The molecule has 1 aromatic rings. The van der Waals surface area contributed by atoms with Crippen LogP contribution in [0.3, 0.4) is 0 Å². The molecular formula is C11H12ClNO2. The maximum absolute atomic E-state index is 8.61. The molecule has 0 aromatic heterocycles. The molecule has 0 fully saturated rings. The number of nitrogens with zero attached hydrogens (tertiary/aromatic N) is 1. The van der Waals surface area contributed by atoms with E-state index >= 15 is 0 Å². The van der Waals surface area contributed by atoms with Crippen LogP contribution in [0.5, 0.6) is 5.75 Å². The highest BCUT2D eigenvalue weighted by Gasteiger charge is 1.99. The SMILES string of the molecule is C/C(=N\O)c1cccc(OC/C=C/Cl)c1. The normalized spacial score (nSPS) is 12.0. The van der Waals surface area contributed by atoms with Gasteiger partial charge in [-0.25, -0.2) is 0 Å². The van der Waals surface area contributed by atoms with Gasteiger partial charge in [0.05, 0.1) is 5.71 Å². The second kappa shape index (κ2) is 6.09. The molecular weight excluding hydrogens is 214 g/mol. The molecule has 0 aliphatic rings. The standard InChI is InChI=1S/C11H12ClNO2/c1-9(13-14)10-4-2-5-11(8-10)15-7-3-6-12/h2-6,8,14H,7H2,1H3/b6-3+,13-9+. The second-order valence-corrected chi connectivity index (χ2v) is 3.14. The Bertz CT molecular complexity index is 375. The summed E-state index contributed by atoms with van der Waals surface area (Å²) < 4.78 is 5.37. The maximum Gasteiger partial charge on any atom is 0.120 e. The Morgan fingerprint density at radius 1 is 1.60 bits per heavy atom. The maximum atomic E-state index is 8.61. The Labute approximate surface area is 93.6 Å². The predicted molar refractivity (Wildman–Crippen MR) is 60.9 cm³/mol. The molecule has 0 heterocycles. The van der Waals surface area contributed by atoms with Gasteiger partial charge in [-0.1, -0.05) is 28.9 Å². The fraction of sp³-hybridized carbons (Fsp3) is 0.182. The van der Waals surface area contributed by atoms with Crippen molar-refractivity contribution in [2.75, 3.05) is 6.61 Å². The van der Waals surface area contributed by atoms with Crippen LogP contribution < -0.4 is 4.74 Å². The van der Waals surface area contributed by atoms with Crippen molar-refractivity contribution in [2.45, 2.75) is 6.92 Å². The Balaban J connectivity index is 2.74. The summed E-state index contributed by atoms with van der Waals surface area (Å²) in [7, 11) is 0. The minimum atomic E-state index is 0.419. The highest BCUT2D eigenvalue weighted by molar-refractivity contribution is 6.25. The summed E-state index contributed by atoms with van der Waals surface area (Å²) in [6.45, 7) is 2.14. The first-order chi connectivity index (χ1) is 7.27. The molecule has 0 amide bonds. The molecule has 0 saturated heterocycles. The minimum absolute atomic E-state index is 0.419. The molecule has 0 aliphatic heterocycles. The van der Waals surface area contributed by atoms with Gasteiger partial charge in [0, 0.05) is 11.1 Å². The number of rotatable bonds is 4. The summed E-state index contributed by atoms with van der Waals surface area (Å²) in [6, 6.07) is 7.32. The number of hydrogen-bond acceptors (Lipinski definition) is 3. The van der Waals surface area contributed by atoms with E-state index in [0.717, 1.165) is 5.56 Å². The van der Waals surface area contributed by atoms with Crippen LogP contribution in [0, 0.1) is 0 Å². The number of hydrogen-bond donors (Lipinski definition) is 1. The molecule has 0 unspecified atom stereocenters. The molecule has 1 N–H and O–H groups in total. The summed E-state index contributed by atoms with van der Waals surface area (Å²) in [5, 5.41) is 11.7. The van der Waals surface area contributed by atoms with Crippen molar-refractivity contribution in [1.29, 1.82) is 0 Å². The molecule has 1 aromatic carbocycles. The van der Waals surface area contributed by atoms with Gasteiger partial charge < -0.3 is 9.94 Å². The van der Waals surface area contributed by atoms with Gasteiger partial charge in [0.25, 0.3) is 0 Å². The van der Waals surface area contributed by atoms with Gasteiger partial charge in [-0.05, 0) is 25.1 Å². The van der Waals surface area contributed by atoms with E-state index in [1.165, 1.54) is 5.54 Å². The second-order valence-electron chi connectivity index (χ2n) is 2.89. The quantitative estimate of drug-likeness (QED) is 0.486. The predicted octanol–water partition coefficient (Wildman–Crippen LogP) is 3.02. The average molecular weight is 226 g/mol. The molecule has 0 saturated carbocycles. The van der Waals surface area contributed by atoms with Crippen LogP contribution >= 0.6 is 11.6 Å². The third kappa shape index (κ3) is 3.64. The minimum Gasteiger partial charge on any atom is -0.489 e. The zero-order valence-corrected chi connectivity index (χ0v) is 9.11. The fourth-order valence-electron chi connectivity index (χ4n) is 1.05. The average Bonchev–Trinajstić information content (AvgIpc) is 2.29. The molecule has 1 rings (SSSR count). The first-order valence-corrected chi connectivity index (χ1v) is 4.88. The van der Waals surface area contributed by atoms with E-state index in [9.17, 15) is 0 Å². The largest absolute Gasteiger partial charge is 0.489 e. The lowest BCUT2D eigenvalue weighted by Gasteiger charge is -2.04. The van der Waals surface area contributed by atoms with Crippen molar-refractivity contribution >= 4 is 17.3 Å². The Morgan fingerprint density at radius 3 is 3.07 bits per heavy atom. The number of ether oxygens (including phenoxy) is 1. The van der Waals surface area contributed by atoms with E-state index in [0.29, 0.717) is 18.1 Å². The Hall–Kier alpha value is -1.48. The van der Waals surface area contributed by atoms with Crippen LogP contribution in [-0.2, 0) is 0 Å². The first kappa shape index (κ1) is 11.6. The smallest absolute Gasteiger partial charge is 0.120 e. The van der Waals surface area contributed by atoms with Crippen molar-refractivity contribution < 1.29 is 9.94 Å². The summed E-state index contributed by atoms with van der Waals surface area (Å²) in [5.74, 6) is 0.713. The van der Waals surface area contributed by atoms with Crippen molar-refractivity contribution in [3.8, 4) is 5.75 Å². The lowest BCUT2D eigenvalue weighted by Crippen LogP contribution is -1.97. The van der Waals surface area contributed by atoms with Crippen LogP contribution in [0.2, 0.25) is 0 Å². The molecule has 3 nitrogen and oxygen atoms in total. The third-order valence-corrected chi connectivity index (χ3v) is 2.02.